The standard InChI is InChI=1S/C27H23ClN2O5/c28-18-8-6-17(7-9-18)13-25(31)29-19-3-1-4-20(14-19)35-21-10-11-23-24(15-21)27(33)30(26(23)32)16-22-5-2-12-34-22/h1,3-4,6-11,14-15,22H,2,5,12-13,16H2,(H,29,31). The highest BCUT2D eigenvalue weighted by molar-refractivity contribution is 6.30. The molecule has 3 aromatic rings. The first-order valence-electron chi connectivity index (χ1n) is 11.4. The summed E-state index contributed by atoms with van der Waals surface area (Å²) in [5.74, 6) is 0.0970. The fraction of sp³-hybridized carbons (Fsp3) is 0.222. The second-order valence-corrected chi connectivity index (χ2v) is 8.98. The van der Waals surface area contributed by atoms with Crippen molar-refractivity contribution in [1.82, 2.24) is 4.90 Å². The van der Waals surface area contributed by atoms with Crippen molar-refractivity contribution in [1.29, 1.82) is 0 Å². The summed E-state index contributed by atoms with van der Waals surface area (Å²) in [5.41, 5.74) is 2.11. The molecule has 0 aliphatic carbocycles. The first kappa shape index (κ1) is 23.1. The summed E-state index contributed by atoms with van der Waals surface area (Å²) in [6.45, 7) is 0.923. The number of halogens is 1. The van der Waals surface area contributed by atoms with Gasteiger partial charge in [-0.1, -0.05) is 29.8 Å². The van der Waals surface area contributed by atoms with Gasteiger partial charge in [-0.2, -0.15) is 0 Å². The topological polar surface area (TPSA) is 84.9 Å². The molecule has 3 amide bonds. The van der Waals surface area contributed by atoms with Crippen LogP contribution in [0.2, 0.25) is 5.02 Å². The SMILES string of the molecule is O=C(Cc1ccc(Cl)cc1)Nc1cccc(Oc2ccc3c(c2)C(=O)N(CC2CCCO2)C3=O)c1. The third kappa shape index (κ3) is 5.21. The number of carbonyl (C=O) groups is 3. The van der Waals surface area contributed by atoms with Crippen LogP contribution in [0, 0.1) is 0 Å². The van der Waals surface area contributed by atoms with E-state index in [1.54, 1.807) is 54.6 Å². The van der Waals surface area contributed by atoms with E-state index in [4.69, 9.17) is 21.1 Å². The number of amides is 3. The second-order valence-electron chi connectivity index (χ2n) is 8.54. The van der Waals surface area contributed by atoms with E-state index in [2.05, 4.69) is 5.32 Å². The molecule has 0 spiro atoms. The molecule has 5 rings (SSSR count). The van der Waals surface area contributed by atoms with E-state index >= 15 is 0 Å². The van der Waals surface area contributed by atoms with Gasteiger partial charge in [0, 0.05) is 23.4 Å². The summed E-state index contributed by atoms with van der Waals surface area (Å²) in [4.78, 5) is 39.3. The normalized spacial score (nSPS) is 16.9. The molecule has 7 nitrogen and oxygen atoms in total. The van der Waals surface area contributed by atoms with Gasteiger partial charge in [0.2, 0.25) is 5.91 Å². The Morgan fingerprint density at radius 1 is 1.00 bits per heavy atom. The fourth-order valence-electron chi connectivity index (χ4n) is 4.26. The van der Waals surface area contributed by atoms with E-state index < -0.39 is 0 Å². The zero-order valence-electron chi connectivity index (χ0n) is 18.8. The van der Waals surface area contributed by atoms with E-state index in [1.165, 1.54) is 4.90 Å². The van der Waals surface area contributed by atoms with Crippen LogP contribution in [0.4, 0.5) is 5.69 Å². The number of nitrogens with one attached hydrogen (secondary N) is 1. The molecule has 1 fully saturated rings. The monoisotopic (exact) mass is 490 g/mol. The minimum absolute atomic E-state index is 0.106. The number of hydrogen-bond donors (Lipinski definition) is 1. The van der Waals surface area contributed by atoms with Gasteiger partial charge in [0.05, 0.1) is 30.2 Å². The molecular formula is C27H23ClN2O5. The summed E-state index contributed by atoms with van der Waals surface area (Å²) >= 11 is 5.89. The summed E-state index contributed by atoms with van der Waals surface area (Å²) < 4.78 is 11.5. The number of anilines is 1. The molecule has 1 saturated heterocycles. The maximum Gasteiger partial charge on any atom is 0.261 e. The molecule has 0 bridgehead atoms. The Balaban J connectivity index is 1.25. The van der Waals surface area contributed by atoms with Gasteiger partial charge in [-0.05, 0) is 60.9 Å². The number of imide groups is 1. The van der Waals surface area contributed by atoms with Gasteiger partial charge in [-0.25, -0.2) is 0 Å². The lowest BCUT2D eigenvalue weighted by Gasteiger charge is -2.17. The van der Waals surface area contributed by atoms with Crippen molar-refractivity contribution in [2.75, 3.05) is 18.5 Å². The summed E-state index contributed by atoms with van der Waals surface area (Å²) in [6, 6.07) is 18.9. The molecule has 2 aliphatic heterocycles. The van der Waals surface area contributed by atoms with Crippen molar-refractivity contribution in [3.8, 4) is 11.5 Å². The number of fused-ring (bicyclic) bond motifs is 1. The molecule has 3 aromatic carbocycles. The van der Waals surface area contributed by atoms with Crippen LogP contribution in [-0.4, -0.2) is 41.9 Å². The molecule has 2 aliphatic rings. The van der Waals surface area contributed by atoms with Gasteiger partial charge in [0.25, 0.3) is 11.8 Å². The smallest absolute Gasteiger partial charge is 0.261 e. The molecular weight excluding hydrogens is 468 g/mol. The minimum Gasteiger partial charge on any atom is -0.457 e. The van der Waals surface area contributed by atoms with Gasteiger partial charge in [-0.15, -0.1) is 0 Å². The van der Waals surface area contributed by atoms with Crippen LogP contribution < -0.4 is 10.1 Å². The second kappa shape index (κ2) is 9.90. The maximum atomic E-state index is 12.9. The Hall–Kier alpha value is -3.68. The predicted molar refractivity (Wildman–Crippen MR) is 131 cm³/mol. The first-order valence-corrected chi connectivity index (χ1v) is 11.8. The van der Waals surface area contributed by atoms with Crippen LogP contribution in [0.1, 0.15) is 39.1 Å². The van der Waals surface area contributed by atoms with Crippen LogP contribution in [0.5, 0.6) is 11.5 Å². The predicted octanol–water partition coefficient (Wildman–Crippen LogP) is 5.09. The molecule has 8 heteroatoms. The molecule has 2 heterocycles. The largest absolute Gasteiger partial charge is 0.457 e. The average molecular weight is 491 g/mol. The van der Waals surface area contributed by atoms with Gasteiger partial charge in [0.15, 0.2) is 0 Å². The lowest BCUT2D eigenvalue weighted by Crippen LogP contribution is -2.36. The van der Waals surface area contributed by atoms with Gasteiger partial charge in [0.1, 0.15) is 11.5 Å². The molecule has 0 radical (unpaired) electrons. The van der Waals surface area contributed by atoms with E-state index in [0.29, 0.717) is 39.9 Å². The number of nitrogens with zero attached hydrogens (tertiary/aromatic N) is 1. The Labute approximate surface area is 207 Å². The molecule has 1 N–H and O–H groups in total. The van der Waals surface area contributed by atoms with Gasteiger partial charge < -0.3 is 14.8 Å². The highest BCUT2D eigenvalue weighted by Gasteiger charge is 2.37. The van der Waals surface area contributed by atoms with Crippen LogP contribution >= 0.6 is 11.6 Å². The van der Waals surface area contributed by atoms with Crippen molar-refractivity contribution >= 4 is 35.0 Å². The van der Waals surface area contributed by atoms with Crippen molar-refractivity contribution in [2.24, 2.45) is 0 Å². The first-order chi connectivity index (χ1) is 17.0. The maximum absolute atomic E-state index is 12.9. The van der Waals surface area contributed by atoms with Crippen molar-refractivity contribution in [3.05, 3.63) is 88.4 Å². The molecule has 1 unspecified atom stereocenters. The number of ether oxygens (including phenoxy) is 2. The summed E-state index contributed by atoms with van der Waals surface area (Å²) in [5, 5.41) is 3.47. The third-order valence-electron chi connectivity index (χ3n) is 5.98. The molecule has 178 valence electrons. The highest BCUT2D eigenvalue weighted by Crippen LogP contribution is 2.31. The Bertz CT molecular complexity index is 1280. The number of benzene rings is 3. The summed E-state index contributed by atoms with van der Waals surface area (Å²) in [6.07, 6.45) is 1.89. The number of rotatable bonds is 7. The van der Waals surface area contributed by atoms with Crippen molar-refractivity contribution < 1.29 is 23.9 Å². The van der Waals surface area contributed by atoms with Gasteiger partial charge >= 0.3 is 0 Å². The third-order valence-corrected chi connectivity index (χ3v) is 6.24. The lowest BCUT2D eigenvalue weighted by molar-refractivity contribution is -0.115. The summed E-state index contributed by atoms with van der Waals surface area (Å²) in [7, 11) is 0. The highest BCUT2D eigenvalue weighted by atomic mass is 35.5. The van der Waals surface area contributed by atoms with Crippen molar-refractivity contribution in [2.45, 2.75) is 25.4 Å². The molecule has 35 heavy (non-hydrogen) atoms. The Kier molecular flexibility index (Phi) is 6.53. The van der Waals surface area contributed by atoms with Crippen LogP contribution in [0.3, 0.4) is 0 Å². The van der Waals surface area contributed by atoms with E-state index in [1.807, 2.05) is 12.1 Å². The van der Waals surface area contributed by atoms with Gasteiger partial charge in [-0.3, -0.25) is 19.3 Å². The number of hydrogen-bond acceptors (Lipinski definition) is 5. The van der Waals surface area contributed by atoms with Crippen LogP contribution in [0.25, 0.3) is 0 Å². The lowest BCUT2D eigenvalue weighted by atomic mass is 10.1. The van der Waals surface area contributed by atoms with Crippen LogP contribution in [-0.2, 0) is 16.0 Å². The van der Waals surface area contributed by atoms with E-state index in [-0.39, 0.29) is 36.8 Å². The Morgan fingerprint density at radius 3 is 2.54 bits per heavy atom. The quantitative estimate of drug-likeness (QED) is 0.466. The Morgan fingerprint density at radius 2 is 1.77 bits per heavy atom. The zero-order valence-corrected chi connectivity index (χ0v) is 19.6. The van der Waals surface area contributed by atoms with Crippen LogP contribution in [0.15, 0.2) is 66.7 Å². The molecule has 0 saturated carbocycles. The number of carbonyl (C=O) groups excluding carboxylic acids is 3. The minimum atomic E-state index is -0.339. The van der Waals surface area contributed by atoms with E-state index in [0.717, 1.165) is 18.4 Å². The molecule has 1 atom stereocenters. The fourth-order valence-corrected chi connectivity index (χ4v) is 4.38. The zero-order chi connectivity index (χ0) is 24.4. The van der Waals surface area contributed by atoms with E-state index in [9.17, 15) is 14.4 Å². The average Bonchev–Trinajstić information content (AvgIpc) is 3.44. The van der Waals surface area contributed by atoms with Crippen molar-refractivity contribution in [3.63, 3.8) is 0 Å². The molecule has 0 aromatic heterocycles.